The Morgan fingerprint density at radius 1 is 0.558 bits per heavy atom. The van der Waals surface area contributed by atoms with Crippen LogP contribution in [0.15, 0.2) is 146 Å². The SMILES string of the molecule is CC[C@]12CC[C@@](OP(=O)(O)O)(C(F)(F)F)C[C@@H]1CCCc1cc3c(cnn3-c3ccc(F)cc3)cc12.CC[C@]12CC[C@@](OP(=O)(OCc3ccccc3)OCc3ccccc3)(C(F)(F)F)C[C@@H]1CCCc1cc3c(cnn3-c3ccc(F)cc3)cc12. The molecule has 2 N–H and O–H groups in total. The number of phosphoric ester groups is 2. The molecule has 8 aromatic rings. The molecule has 6 aromatic carbocycles. The van der Waals surface area contributed by atoms with Crippen molar-refractivity contribution in [1.82, 2.24) is 19.6 Å². The monoisotopic (exact) mass is 1230 g/mol. The fourth-order valence-electron chi connectivity index (χ4n) is 14.4. The van der Waals surface area contributed by atoms with Gasteiger partial charge in [0.05, 0.1) is 48.0 Å². The molecule has 0 unspecified atom stereocenters. The topological polar surface area (TPSA) is 147 Å². The number of halogens is 8. The lowest BCUT2D eigenvalue weighted by Crippen LogP contribution is -2.56. The summed E-state index contributed by atoms with van der Waals surface area (Å²) in [4.78, 5) is 18.6. The molecule has 0 saturated heterocycles. The van der Waals surface area contributed by atoms with Gasteiger partial charge in [-0.25, -0.2) is 27.3 Å². The van der Waals surface area contributed by atoms with E-state index in [1.54, 1.807) is 107 Å². The number of benzene rings is 6. The van der Waals surface area contributed by atoms with E-state index >= 15 is 13.2 Å². The molecule has 22 heteroatoms. The number of hydrogen-bond donors (Lipinski definition) is 2. The second kappa shape index (κ2) is 23.8. The Bertz CT molecular complexity index is 3760. The first kappa shape index (κ1) is 61.6. The van der Waals surface area contributed by atoms with Crippen LogP contribution in [0.25, 0.3) is 33.2 Å². The lowest BCUT2D eigenvalue weighted by Gasteiger charge is -2.52. The molecule has 2 saturated carbocycles. The van der Waals surface area contributed by atoms with Crippen molar-refractivity contribution in [2.45, 2.75) is 151 Å². The molecule has 0 radical (unpaired) electrons. The summed E-state index contributed by atoms with van der Waals surface area (Å²) in [5, 5.41) is 10.7. The molecule has 0 spiro atoms. The Morgan fingerprint density at radius 2 is 0.953 bits per heavy atom. The zero-order chi connectivity index (χ0) is 60.9. The number of hydrogen-bond acceptors (Lipinski definition) is 8. The molecule has 2 heterocycles. The predicted octanol–water partition coefficient (Wildman–Crippen LogP) is 17.2. The van der Waals surface area contributed by atoms with Gasteiger partial charge in [0, 0.05) is 10.8 Å². The van der Waals surface area contributed by atoms with E-state index < -0.39 is 81.1 Å². The third-order valence-corrected chi connectivity index (χ3v) is 20.9. The number of alkyl halides is 6. The van der Waals surface area contributed by atoms with Crippen LogP contribution in [0.4, 0.5) is 35.1 Å². The van der Waals surface area contributed by atoms with Crippen LogP contribution in [0.2, 0.25) is 0 Å². The molecule has 0 amide bonds. The van der Waals surface area contributed by atoms with Crippen molar-refractivity contribution in [1.29, 1.82) is 0 Å². The van der Waals surface area contributed by atoms with Crippen molar-refractivity contribution in [2.75, 3.05) is 0 Å². The first-order chi connectivity index (χ1) is 40.9. The number of aryl methyl sites for hydroxylation is 2. The minimum absolute atomic E-state index is 0.0955. The molecule has 86 heavy (non-hydrogen) atoms. The van der Waals surface area contributed by atoms with E-state index in [1.807, 2.05) is 26.0 Å². The maximum atomic E-state index is 15.4. The lowest BCUT2D eigenvalue weighted by molar-refractivity contribution is -0.273. The largest absolute Gasteiger partial charge is 0.476 e. The quantitative estimate of drug-likeness (QED) is 0.0796. The van der Waals surface area contributed by atoms with E-state index in [1.165, 1.54) is 24.3 Å². The molecular weight excluding hydrogens is 1170 g/mol. The summed E-state index contributed by atoms with van der Waals surface area (Å²) in [5.41, 5.74) is 1.74. The summed E-state index contributed by atoms with van der Waals surface area (Å²) in [6.45, 7) is 3.52. The summed E-state index contributed by atoms with van der Waals surface area (Å²) in [7, 11) is -10.1. The maximum Gasteiger partial charge on any atom is 0.476 e. The van der Waals surface area contributed by atoms with Gasteiger partial charge in [0.25, 0.3) is 0 Å². The van der Waals surface area contributed by atoms with E-state index in [9.17, 15) is 40.9 Å². The van der Waals surface area contributed by atoms with Crippen LogP contribution in [0.3, 0.4) is 0 Å². The van der Waals surface area contributed by atoms with Gasteiger partial charge in [-0.05, 0) is 219 Å². The van der Waals surface area contributed by atoms with Crippen LogP contribution in [0, 0.1) is 23.5 Å². The van der Waals surface area contributed by atoms with Crippen LogP contribution >= 0.6 is 15.6 Å². The fraction of sp³-hybridized carbons (Fsp3) is 0.406. The van der Waals surface area contributed by atoms with Crippen LogP contribution in [-0.4, -0.2) is 52.9 Å². The lowest BCUT2D eigenvalue weighted by atomic mass is 9.56. The van der Waals surface area contributed by atoms with Crippen LogP contribution < -0.4 is 0 Å². The normalized spacial score (nSPS) is 24.4. The number of phosphoric acid groups is 2. The highest BCUT2D eigenvalue weighted by Gasteiger charge is 2.66. The van der Waals surface area contributed by atoms with Gasteiger partial charge >= 0.3 is 28.0 Å². The third kappa shape index (κ3) is 12.0. The van der Waals surface area contributed by atoms with E-state index in [2.05, 4.69) is 26.9 Å². The van der Waals surface area contributed by atoms with Crippen LogP contribution in [0.5, 0.6) is 0 Å². The molecule has 12 nitrogen and oxygen atoms in total. The highest BCUT2D eigenvalue weighted by Crippen LogP contribution is 2.65. The standard InChI is InChI=1S/C39H39F4N2O4P.C25H27F4N2O4P/c1-2-37-20-21-38(39(41,42)43,49-50(46,47-26-28-10-5-3-6-11-28)48-27-29-12-7-4-8-13-29)24-32(37)15-9-14-30-23-36-31(22-35(30)37)25-44-45(36)34-18-16-33(40)17-19-34;1-2-23-10-11-24(25(27,28)29,35-36(32,33)34)14-18(23)5-3-4-16-13-22-17(12-21(16)23)15-30-31(22)20-8-6-19(26)7-9-20/h3-8,10-13,16-19,22-23,25,32H,2,9,14-15,20-21,24,26-27H2,1H3;6-9,12-13,15,18H,2-5,10-11,14H2,1H3,(H2,32,33,34)/t32-,37-,38-;18-,23-,24-/m00/s1. The number of rotatable bonds is 14. The van der Waals surface area contributed by atoms with Crippen molar-refractivity contribution in [2.24, 2.45) is 11.8 Å². The first-order valence-corrected chi connectivity index (χ1v) is 32.0. The molecule has 4 aliphatic rings. The number of fused-ring (bicyclic) bond motifs is 8. The van der Waals surface area contributed by atoms with Gasteiger partial charge in [-0.3, -0.25) is 18.1 Å². The van der Waals surface area contributed by atoms with Crippen LogP contribution in [-0.2, 0) is 64.1 Å². The Kier molecular flexibility index (Phi) is 17.0. The Labute approximate surface area is 492 Å². The smallest absolute Gasteiger partial charge is 0.303 e. The first-order valence-electron chi connectivity index (χ1n) is 29.0. The molecule has 6 atom stereocenters. The average molecular weight is 1230 g/mol. The Hall–Kier alpha value is -6.08. The minimum atomic E-state index is -5.37. The Balaban J connectivity index is 0.000000188. The van der Waals surface area contributed by atoms with E-state index in [0.29, 0.717) is 68.2 Å². The molecule has 12 rings (SSSR count). The van der Waals surface area contributed by atoms with Gasteiger partial charge in [0.2, 0.25) is 0 Å². The molecule has 0 bridgehead atoms. The zero-order valence-corrected chi connectivity index (χ0v) is 49.2. The Morgan fingerprint density at radius 3 is 1.33 bits per heavy atom. The maximum absolute atomic E-state index is 15.4. The van der Waals surface area contributed by atoms with E-state index in [0.717, 1.165) is 49.7 Å². The summed E-state index contributed by atoms with van der Waals surface area (Å²) in [6.07, 6.45) is -2.92. The highest BCUT2D eigenvalue weighted by molar-refractivity contribution is 7.48. The van der Waals surface area contributed by atoms with Crippen molar-refractivity contribution in [3.63, 3.8) is 0 Å². The van der Waals surface area contributed by atoms with Crippen molar-refractivity contribution in [3.8, 4) is 11.4 Å². The molecule has 456 valence electrons. The third-order valence-electron chi connectivity index (χ3n) is 18.8. The van der Waals surface area contributed by atoms with Gasteiger partial charge in [-0.15, -0.1) is 0 Å². The molecule has 0 aliphatic heterocycles. The number of nitrogens with zero attached hydrogens (tertiary/aromatic N) is 4. The summed E-state index contributed by atoms with van der Waals surface area (Å²) in [6, 6.07) is 37.9. The highest BCUT2D eigenvalue weighted by atomic mass is 31.2. The van der Waals surface area contributed by atoms with Crippen LogP contribution in [0.1, 0.15) is 124 Å². The molecule has 2 aromatic heterocycles. The molecule has 2 fully saturated rings. The minimum Gasteiger partial charge on any atom is -0.303 e. The summed E-state index contributed by atoms with van der Waals surface area (Å²) >= 11 is 0. The van der Waals surface area contributed by atoms with Gasteiger partial charge < -0.3 is 9.79 Å². The van der Waals surface area contributed by atoms with Crippen molar-refractivity contribution in [3.05, 3.63) is 191 Å². The van der Waals surface area contributed by atoms with Crippen molar-refractivity contribution >= 4 is 37.5 Å². The summed E-state index contributed by atoms with van der Waals surface area (Å²) < 4.78 is 167. The van der Waals surface area contributed by atoms with E-state index in [-0.39, 0.29) is 44.1 Å². The van der Waals surface area contributed by atoms with Gasteiger partial charge in [-0.2, -0.15) is 36.5 Å². The second-order valence-corrected chi connectivity index (χ2v) is 26.2. The van der Waals surface area contributed by atoms with E-state index in [4.69, 9.17) is 13.6 Å². The summed E-state index contributed by atoms with van der Waals surface area (Å²) in [5.74, 6) is -1.57. The van der Waals surface area contributed by atoms with Gasteiger partial charge in [-0.1, -0.05) is 74.5 Å². The fourth-order valence-corrected chi connectivity index (χ4v) is 16.6. The van der Waals surface area contributed by atoms with Crippen molar-refractivity contribution < 1.29 is 72.1 Å². The number of aromatic nitrogens is 4. The second-order valence-electron chi connectivity index (χ2n) is 23.4. The average Bonchev–Trinajstić information content (AvgIpc) is 1.24. The molecular formula is C64H66F8N4O8P2. The van der Waals surface area contributed by atoms with Gasteiger partial charge in [0.15, 0.2) is 11.2 Å². The molecule has 4 aliphatic carbocycles. The van der Waals surface area contributed by atoms with Gasteiger partial charge in [0.1, 0.15) is 11.6 Å². The zero-order valence-electron chi connectivity index (χ0n) is 47.4. The predicted molar refractivity (Wildman–Crippen MR) is 308 cm³/mol.